The third-order valence-electron chi connectivity index (χ3n) is 7.08. The number of rotatable bonds is 11. The average molecular weight is 654 g/mol. The monoisotopic (exact) mass is 653 g/mol. The number of amides is 2. The first-order chi connectivity index (χ1) is 20.6. The first-order valence-electron chi connectivity index (χ1n) is 13.6. The first-order valence-corrected chi connectivity index (χ1v) is 16.0. The third kappa shape index (κ3) is 6.54. The maximum Gasteiger partial charge on any atom is 0.323 e. The van der Waals surface area contributed by atoms with Crippen LogP contribution in [0.2, 0.25) is 0 Å². The van der Waals surface area contributed by atoms with E-state index < -0.39 is 36.8 Å². The van der Waals surface area contributed by atoms with Gasteiger partial charge in [-0.1, -0.05) is 86.3 Å². The van der Waals surface area contributed by atoms with Crippen LogP contribution in [-0.4, -0.2) is 70.1 Å². The molecular formula is C30H27N3O6S4. The van der Waals surface area contributed by atoms with Crippen molar-refractivity contribution in [2.45, 2.75) is 39.2 Å². The number of aromatic nitrogens is 1. The second-order valence-electron chi connectivity index (χ2n) is 10.1. The number of nitrogens with zero attached hydrogens (tertiary/aromatic N) is 3. The molecule has 2 saturated heterocycles. The molecule has 2 N–H and O–H groups in total. The van der Waals surface area contributed by atoms with Crippen LogP contribution in [0.1, 0.15) is 43.7 Å². The molecule has 0 radical (unpaired) electrons. The molecule has 2 aliphatic rings. The molecule has 0 aliphatic carbocycles. The second-order valence-corrected chi connectivity index (χ2v) is 13.4. The zero-order valence-corrected chi connectivity index (χ0v) is 26.3. The van der Waals surface area contributed by atoms with Crippen molar-refractivity contribution < 1.29 is 29.4 Å². The Morgan fingerprint density at radius 2 is 1.23 bits per heavy atom. The third-order valence-corrected chi connectivity index (χ3v) is 9.83. The number of carboxylic acid groups (broad SMARTS) is 2. The van der Waals surface area contributed by atoms with Gasteiger partial charge in [-0.2, -0.15) is 0 Å². The van der Waals surface area contributed by atoms with Crippen LogP contribution < -0.4 is 0 Å². The van der Waals surface area contributed by atoms with Gasteiger partial charge in [0, 0.05) is 28.4 Å². The summed E-state index contributed by atoms with van der Waals surface area (Å²) >= 11 is 12.6. The highest BCUT2D eigenvalue weighted by Gasteiger charge is 2.34. The minimum Gasteiger partial charge on any atom is -0.480 e. The summed E-state index contributed by atoms with van der Waals surface area (Å²) in [4.78, 5) is 51.0. The summed E-state index contributed by atoms with van der Waals surface area (Å²) in [5.74, 6) is -3.13. The largest absolute Gasteiger partial charge is 0.480 e. The van der Waals surface area contributed by atoms with Gasteiger partial charge in [0.2, 0.25) is 0 Å². The Morgan fingerprint density at radius 3 is 1.65 bits per heavy atom. The Hall–Kier alpha value is -3.52. The van der Waals surface area contributed by atoms with Gasteiger partial charge >= 0.3 is 11.9 Å². The molecule has 1 aromatic heterocycles. The molecule has 2 aliphatic heterocycles. The average Bonchev–Trinajstić information content (AvgIpc) is 3.50. The summed E-state index contributed by atoms with van der Waals surface area (Å²) < 4.78 is 2.70. The van der Waals surface area contributed by atoms with Crippen LogP contribution in [0.3, 0.4) is 0 Å². The molecule has 9 nitrogen and oxygen atoms in total. The molecule has 0 unspecified atom stereocenters. The summed E-state index contributed by atoms with van der Waals surface area (Å²) in [6.07, 6.45) is 7.88. The van der Waals surface area contributed by atoms with Crippen LogP contribution in [0, 0.1) is 0 Å². The van der Waals surface area contributed by atoms with E-state index in [1.165, 1.54) is 0 Å². The molecule has 0 spiro atoms. The Kier molecular flexibility index (Phi) is 9.35. The number of aliphatic carboxylic acids is 2. The van der Waals surface area contributed by atoms with E-state index in [1.54, 1.807) is 12.2 Å². The maximum absolute atomic E-state index is 12.8. The highest BCUT2D eigenvalue weighted by molar-refractivity contribution is 8.27. The molecule has 2 aromatic carbocycles. The van der Waals surface area contributed by atoms with Crippen LogP contribution >= 0.6 is 48.0 Å². The predicted molar refractivity (Wildman–Crippen MR) is 179 cm³/mol. The van der Waals surface area contributed by atoms with E-state index >= 15 is 0 Å². The standard InChI is InChI=1S/C30H27N3O6S4/c1-2-3-4-5-10-31-21-8-6-17(13-23-27(38)32(15-25(34)35)29(40)42-23)11-19(21)20-12-18(7-9-22(20)31)14-24-28(39)33(16-26(36)37)30(41)43-24/h6-9,11-14H,2-5,10,15-16H2,1H3,(H,34,35)(H,36,37)/b23-13-,24-14+. The minimum atomic E-state index is -1.13. The van der Waals surface area contributed by atoms with Crippen LogP contribution in [0.25, 0.3) is 34.0 Å². The van der Waals surface area contributed by atoms with E-state index in [4.69, 9.17) is 34.6 Å². The van der Waals surface area contributed by atoms with Gasteiger partial charge in [-0.25, -0.2) is 0 Å². The van der Waals surface area contributed by atoms with Gasteiger partial charge in [0.25, 0.3) is 11.8 Å². The number of thioether (sulfide) groups is 2. The fourth-order valence-electron chi connectivity index (χ4n) is 5.10. The van der Waals surface area contributed by atoms with E-state index in [0.717, 1.165) is 98.5 Å². The van der Waals surface area contributed by atoms with Gasteiger partial charge in [0.05, 0.1) is 9.81 Å². The summed E-state index contributed by atoms with van der Waals surface area (Å²) in [6.45, 7) is 2.05. The minimum absolute atomic E-state index is 0.210. The van der Waals surface area contributed by atoms with Gasteiger partial charge in [-0.3, -0.25) is 29.0 Å². The fraction of sp³-hybridized carbons (Fsp3) is 0.267. The molecular weight excluding hydrogens is 627 g/mol. The predicted octanol–water partition coefficient (Wildman–Crippen LogP) is 5.95. The highest BCUT2D eigenvalue weighted by atomic mass is 32.2. The van der Waals surface area contributed by atoms with E-state index in [9.17, 15) is 19.2 Å². The van der Waals surface area contributed by atoms with Crippen LogP contribution in [0.5, 0.6) is 0 Å². The number of unbranched alkanes of at least 4 members (excludes halogenated alkanes) is 3. The SMILES string of the molecule is CCCCCCn1c2ccc(/C=C3\SC(=S)N(CC(=O)O)C3=O)cc2c2cc(/C=C3/SC(=S)N(CC(=O)O)C3=O)ccc21. The number of hydrogen-bond acceptors (Lipinski definition) is 8. The van der Waals surface area contributed by atoms with E-state index in [-0.39, 0.29) is 8.64 Å². The number of fused-ring (bicyclic) bond motifs is 3. The van der Waals surface area contributed by atoms with Crippen molar-refractivity contribution in [2.24, 2.45) is 0 Å². The lowest BCUT2D eigenvalue weighted by Gasteiger charge is -2.10. The van der Waals surface area contributed by atoms with Gasteiger partial charge in [0.1, 0.15) is 21.7 Å². The van der Waals surface area contributed by atoms with Crippen molar-refractivity contribution in [3.05, 3.63) is 57.3 Å². The summed E-state index contributed by atoms with van der Waals surface area (Å²) in [6, 6.07) is 11.9. The zero-order valence-electron chi connectivity index (χ0n) is 23.1. The maximum atomic E-state index is 12.8. The lowest BCUT2D eigenvalue weighted by Crippen LogP contribution is -2.33. The number of carbonyl (C=O) groups is 4. The van der Waals surface area contributed by atoms with Crippen molar-refractivity contribution in [1.82, 2.24) is 14.4 Å². The first kappa shape index (κ1) is 30.9. The molecule has 222 valence electrons. The van der Waals surface area contributed by atoms with Crippen LogP contribution in [0.4, 0.5) is 0 Å². The molecule has 0 bridgehead atoms. The van der Waals surface area contributed by atoms with Gasteiger partial charge < -0.3 is 14.8 Å². The Bertz CT molecular complexity index is 1650. The second kappa shape index (κ2) is 13.0. The van der Waals surface area contributed by atoms with Gasteiger partial charge in [0.15, 0.2) is 0 Å². The number of thiocarbonyl (C=S) groups is 2. The molecule has 3 heterocycles. The zero-order chi connectivity index (χ0) is 30.8. The normalized spacial score (nSPS) is 17.5. The number of benzene rings is 2. The van der Waals surface area contributed by atoms with Crippen LogP contribution in [-0.2, 0) is 25.7 Å². The van der Waals surface area contributed by atoms with E-state index in [1.807, 2.05) is 36.4 Å². The Morgan fingerprint density at radius 1 is 0.767 bits per heavy atom. The number of hydrogen-bond donors (Lipinski definition) is 2. The Labute approximate surface area is 266 Å². The lowest BCUT2D eigenvalue weighted by atomic mass is 10.1. The number of aryl methyl sites for hydroxylation is 1. The van der Waals surface area contributed by atoms with Crippen molar-refractivity contribution in [1.29, 1.82) is 0 Å². The van der Waals surface area contributed by atoms with Gasteiger partial charge in [-0.15, -0.1) is 0 Å². The van der Waals surface area contributed by atoms with Crippen molar-refractivity contribution in [3.63, 3.8) is 0 Å². The molecule has 2 fully saturated rings. The molecule has 0 saturated carbocycles. The van der Waals surface area contributed by atoms with Crippen molar-refractivity contribution in [2.75, 3.05) is 13.1 Å². The van der Waals surface area contributed by atoms with E-state index in [2.05, 4.69) is 11.5 Å². The fourth-order valence-corrected chi connectivity index (χ4v) is 7.61. The number of carbonyl (C=O) groups excluding carboxylic acids is 2. The Balaban J connectivity index is 1.55. The smallest absolute Gasteiger partial charge is 0.323 e. The van der Waals surface area contributed by atoms with Gasteiger partial charge in [-0.05, 0) is 54.0 Å². The topological polar surface area (TPSA) is 120 Å². The van der Waals surface area contributed by atoms with Crippen molar-refractivity contribution in [3.8, 4) is 0 Å². The molecule has 2 amide bonds. The summed E-state index contributed by atoms with van der Waals surface area (Å²) in [7, 11) is 0. The van der Waals surface area contributed by atoms with Crippen molar-refractivity contribution >= 4 is 114 Å². The number of carboxylic acids is 2. The molecule has 3 aromatic rings. The lowest BCUT2D eigenvalue weighted by molar-refractivity contribution is -0.140. The quantitative estimate of drug-likeness (QED) is 0.146. The molecule has 43 heavy (non-hydrogen) atoms. The highest BCUT2D eigenvalue weighted by Crippen LogP contribution is 2.37. The summed E-state index contributed by atoms with van der Waals surface area (Å²) in [5, 5.41) is 20.2. The van der Waals surface area contributed by atoms with Crippen LogP contribution in [0.15, 0.2) is 46.2 Å². The molecule has 5 rings (SSSR count). The molecule has 0 atom stereocenters. The molecule has 13 heteroatoms. The summed E-state index contributed by atoms with van der Waals surface area (Å²) in [5.41, 5.74) is 3.61. The van der Waals surface area contributed by atoms with E-state index in [0.29, 0.717) is 9.81 Å².